The highest BCUT2D eigenvalue weighted by Gasteiger charge is 2.18. The first-order valence-electron chi connectivity index (χ1n) is 5.49. The van der Waals surface area contributed by atoms with E-state index in [4.69, 9.17) is 11.6 Å². The van der Waals surface area contributed by atoms with E-state index in [1.54, 1.807) is 6.07 Å². The molecule has 17 heavy (non-hydrogen) atoms. The summed E-state index contributed by atoms with van der Waals surface area (Å²) >= 11 is 7.87. The van der Waals surface area contributed by atoms with Gasteiger partial charge in [0.05, 0.1) is 5.56 Å². The summed E-state index contributed by atoms with van der Waals surface area (Å²) in [5.41, 5.74) is 2.83. The molecule has 2 nitrogen and oxygen atoms in total. The summed E-state index contributed by atoms with van der Waals surface area (Å²) in [4.78, 5) is 13.6. The molecule has 1 aromatic carbocycles. The summed E-state index contributed by atoms with van der Waals surface area (Å²) in [5.74, 6) is 0. The molecule has 2 rings (SSSR count). The molecule has 0 bridgehead atoms. The third-order valence-electron chi connectivity index (χ3n) is 2.98. The Hall–Kier alpha value is -0.550. The van der Waals surface area contributed by atoms with Gasteiger partial charge in [-0.05, 0) is 65.2 Å². The number of carbonyl (C=O) groups excluding carboxylic acids is 1. The Morgan fingerprint density at radius 2 is 2.00 bits per heavy atom. The van der Waals surface area contributed by atoms with Gasteiger partial charge in [-0.25, -0.2) is 0 Å². The lowest BCUT2D eigenvalue weighted by Gasteiger charge is -2.31. The highest BCUT2D eigenvalue weighted by Crippen LogP contribution is 2.28. The van der Waals surface area contributed by atoms with E-state index in [0.29, 0.717) is 5.56 Å². The van der Waals surface area contributed by atoms with Crippen LogP contribution in [0.3, 0.4) is 0 Å². The van der Waals surface area contributed by atoms with E-state index >= 15 is 0 Å². The predicted octanol–water partition coefficient (Wildman–Crippen LogP) is 3.83. The number of hydrogen-bond acceptors (Lipinski definition) is 2. The van der Waals surface area contributed by atoms with E-state index in [9.17, 15) is 4.79 Å². The van der Waals surface area contributed by atoms with E-state index in [0.717, 1.165) is 35.2 Å². The van der Waals surface area contributed by atoms with Crippen molar-refractivity contribution in [1.82, 2.24) is 0 Å². The fourth-order valence-electron chi connectivity index (χ4n) is 2.00. The molecule has 90 valence electrons. The number of benzene rings is 1. The molecule has 0 atom stereocenters. The van der Waals surface area contributed by atoms with E-state index in [-0.39, 0.29) is 5.24 Å². The zero-order valence-corrected chi connectivity index (χ0v) is 12.3. The molecule has 0 aliphatic carbocycles. The number of rotatable bonds is 2. The van der Waals surface area contributed by atoms with Gasteiger partial charge in [-0.2, -0.15) is 0 Å². The summed E-state index contributed by atoms with van der Waals surface area (Å²) in [6.07, 6.45) is 1.97. The van der Waals surface area contributed by atoms with Crippen LogP contribution in [0.15, 0.2) is 30.4 Å². The average molecular weight is 362 g/mol. The molecule has 1 aromatic rings. The maximum Gasteiger partial charge on any atom is 0.254 e. The number of anilines is 1. The minimum absolute atomic E-state index is 0.388. The molecule has 4 heteroatoms. The van der Waals surface area contributed by atoms with Crippen molar-refractivity contribution in [2.45, 2.75) is 12.8 Å². The van der Waals surface area contributed by atoms with Crippen LogP contribution in [0, 0.1) is 3.57 Å². The second-order valence-electron chi connectivity index (χ2n) is 4.17. The maximum atomic E-state index is 11.4. The van der Waals surface area contributed by atoms with E-state index in [1.165, 1.54) is 5.57 Å². The van der Waals surface area contributed by atoms with E-state index in [2.05, 4.69) is 34.1 Å². The van der Waals surface area contributed by atoms with Crippen LogP contribution < -0.4 is 4.90 Å². The molecular weight excluding hydrogens is 349 g/mol. The Morgan fingerprint density at radius 1 is 1.35 bits per heavy atom. The Balaban J connectivity index is 2.33. The van der Waals surface area contributed by atoms with Gasteiger partial charge in [0, 0.05) is 22.3 Å². The summed E-state index contributed by atoms with van der Waals surface area (Å²) in [6, 6.07) is 5.72. The van der Waals surface area contributed by atoms with Crippen LogP contribution in [0.2, 0.25) is 0 Å². The predicted molar refractivity (Wildman–Crippen MR) is 79.9 cm³/mol. The molecule has 1 fully saturated rings. The summed E-state index contributed by atoms with van der Waals surface area (Å²) < 4.78 is 1.11. The maximum absolute atomic E-state index is 11.4. The molecule has 1 aliphatic rings. The van der Waals surface area contributed by atoms with Crippen molar-refractivity contribution in [3.8, 4) is 0 Å². The topological polar surface area (TPSA) is 20.3 Å². The lowest BCUT2D eigenvalue weighted by atomic mass is 10.0. The van der Waals surface area contributed by atoms with Crippen LogP contribution in [-0.4, -0.2) is 18.3 Å². The Bertz CT molecular complexity index is 462. The highest BCUT2D eigenvalue weighted by molar-refractivity contribution is 14.1. The zero-order chi connectivity index (χ0) is 12.4. The van der Waals surface area contributed by atoms with Gasteiger partial charge in [0.15, 0.2) is 0 Å². The van der Waals surface area contributed by atoms with Crippen molar-refractivity contribution in [3.63, 3.8) is 0 Å². The molecule has 0 N–H and O–H groups in total. The van der Waals surface area contributed by atoms with Gasteiger partial charge < -0.3 is 4.90 Å². The number of carbonyl (C=O) groups is 1. The van der Waals surface area contributed by atoms with Crippen molar-refractivity contribution in [3.05, 3.63) is 39.5 Å². The quantitative estimate of drug-likeness (QED) is 0.453. The van der Waals surface area contributed by atoms with Crippen molar-refractivity contribution in [2.24, 2.45) is 0 Å². The largest absolute Gasteiger partial charge is 0.370 e. The second-order valence-corrected chi connectivity index (χ2v) is 5.76. The molecule has 0 aromatic heterocycles. The van der Waals surface area contributed by atoms with Crippen LogP contribution in [0.4, 0.5) is 5.69 Å². The van der Waals surface area contributed by atoms with Gasteiger partial charge in [-0.1, -0.05) is 12.2 Å². The van der Waals surface area contributed by atoms with Crippen LogP contribution >= 0.6 is 34.2 Å². The summed E-state index contributed by atoms with van der Waals surface area (Å²) in [7, 11) is 0. The first-order chi connectivity index (χ1) is 8.08. The van der Waals surface area contributed by atoms with Gasteiger partial charge in [-0.15, -0.1) is 0 Å². The third kappa shape index (κ3) is 3.01. The summed E-state index contributed by atoms with van der Waals surface area (Å²) in [6.45, 7) is 5.82. The van der Waals surface area contributed by atoms with Gasteiger partial charge in [-0.3, -0.25) is 4.79 Å². The highest BCUT2D eigenvalue weighted by atomic mass is 127. The van der Waals surface area contributed by atoms with Crippen LogP contribution in [0.5, 0.6) is 0 Å². The Morgan fingerprint density at radius 3 is 2.59 bits per heavy atom. The van der Waals surface area contributed by atoms with Gasteiger partial charge >= 0.3 is 0 Å². The van der Waals surface area contributed by atoms with Gasteiger partial charge in [0.25, 0.3) is 5.24 Å². The van der Waals surface area contributed by atoms with Crippen LogP contribution in [0.25, 0.3) is 0 Å². The first-order valence-corrected chi connectivity index (χ1v) is 6.94. The molecule has 0 radical (unpaired) electrons. The molecule has 0 unspecified atom stereocenters. The lowest BCUT2D eigenvalue weighted by molar-refractivity contribution is 0.108. The molecule has 0 amide bonds. The minimum atomic E-state index is -0.388. The SMILES string of the molecule is C=C1CCN(c2cc(I)ccc2C(=O)Cl)CC1. The first kappa shape index (κ1) is 12.9. The smallest absolute Gasteiger partial charge is 0.254 e. The molecule has 1 heterocycles. The molecule has 1 saturated heterocycles. The third-order valence-corrected chi connectivity index (χ3v) is 3.86. The Labute approximate surface area is 120 Å². The van der Waals surface area contributed by atoms with Crippen molar-refractivity contribution >= 4 is 45.1 Å². The average Bonchev–Trinajstić information content (AvgIpc) is 2.29. The lowest BCUT2D eigenvalue weighted by Crippen LogP contribution is -2.31. The zero-order valence-electron chi connectivity index (χ0n) is 9.38. The monoisotopic (exact) mass is 361 g/mol. The minimum Gasteiger partial charge on any atom is -0.370 e. The van der Waals surface area contributed by atoms with Gasteiger partial charge in [0.2, 0.25) is 0 Å². The normalized spacial score (nSPS) is 16.1. The van der Waals surface area contributed by atoms with E-state index in [1.807, 2.05) is 12.1 Å². The number of piperidine rings is 1. The van der Waals surface area contributed by atoms with Crippen molar-refractivity contribution < 1.29 is 4.79 Å². The number of nitrogens with zero attached hydrogens (tertiary/aromatic N) is 1. The fourth-order valence-corrected chi connectivity index (χ4v) is 2.63. The van der Waals surface area contributed by atoms with Crippen LogP contribution in [-0.2, 0) is 0 Å². The molecule has 0 spiro atoms. The number of hydrogen-bond donors (Lipinski definition) is 0. The molecule has 1 aliphatic heterocycles. The van der Waals surface area contributed by atoms with Crippen molar-refractivity contribution in [1.29, 1.82) is 0 Å². The van der Waals surface area contributed by atoms with E-state index < -0.39 is 0 Å². The number of halogens is 2. The second kappa shape index (κ2) is 5.40. The fraction of sp³-hybridized carbons (Fsp3) is 0.308. The Kier molecular flexibility index (Phi) is 4.09. The summed E-state index contributed by atoms with van der Waals surface area (Å²) in [5, 5.41) is -0.388. The van der Waals surface area contributed by atoms with Crippen molar-refractivity contribution in [2.75, 3.05) is 18.0 Å². The van der Waals surface area contributed by atoms with Crippen LogP contribution in [0.1, 0.15) is 23.2 Å². The molecule has 0 saturated carbocycles. The standard InChI is InChI=1S/C13H13ClINO/c1-9-4-6-16(7-5-9)12-8-10(15)2-3-11(12)13(14)17/h2-3,8H,1,4-7H2. The van der Waals surface area contributed by atoms with Gasteiger partial charge in [0.1, 0.15) is 0 Å². The molecular formula is C13H13ClINO.